The monoisotopic (exact) mass is 268 g/mol. The van der Waals surface area contributed by atoms with Gasteiger partial charge in [0.05, 0.1) is 6.42 Å². The van der Waals surface area contributed by atoms with E-state index in [0.717, 1.165) is 16.9 Å². The van der Waals surface area contributed by atoms with Crippen LogP contribution in [0.4, 0.5) is 0 Å². The number of esters is 1. The quantitative estimate of drug-likeness (QED) is 0.629. The van der Waals surface area contributed by atoms with Crippen LogP contribution >= 0.6 is 0 Å². The van der Waals surface area contributed by atoms with Crippen LogP contribution in [0.3, 0.4) is 0 Å². The van der Waals surface area contributed by atoms with Gasteiger partial charge in [-0.1, -0.05) is 43.3 Å². The Balaban J connectivity index is 1.75. The Bertz CT molecular complexity index is 619. The van der Waals surface area contributed by atoms with E-state index in [1.807, 2.05) is 49.4 Å². The summed E-state index contributed by atoms with van der Waals surface area (Å²) in [6.45, 7) is 2.53. The van der Waals surface area contributed by atoms with Gasteiger partial charge in [-0.25, -0.2) is 0 Å². The number of benzene rings is 2. The van der Waals surface area contributed by atoms with E-state index in [4.69, 9.17) is 9.47 Å². The van der Waals surface area contributed by atoms with E-state index < -0.39 is 0 Å². The molecule has 3 heteroatoms. The molecule has 0 radical (unpaired) electrons. The van der Waals surface area contributed by atoms with Crippen molar-refractivity contribution in [2.75, 3.05) is 0 Å². The van der Waals surface area contributed by atoms with E-state index in [2.05, 4.69) is 0 Å². The molecule has 3 rings (SSSR count). The molecule has 3 nitrogen and oxygen atoms in total. The van der Waals surface area contributed by atoms with Crippen LogP contribution in [-0.2, 0) is 11.4 Å². The summed E-state index contributed by atoms with van der Waals surface area (Å²) in [4.78, 5) is 11.5. The zero-order valence-electron chi connectivity index (χ0n) is 11.3. The smallest absolute Gasteiger partial charge is 0.311 e. The van der Waals surface area contributed by atoms with E-state index >= 15 is 0 Å². The maximum Gasteiger partial charge on any atom is 0.311 e. The molecule has 2 aromatic rings. The van der Waals surface area contributed by atoms with E-state index in [1.165, 1.54) is 0 Å². The van der Waals surface area contributed by atoms with Crippen molar-refractivity contribution in [3.8, 4) is 11.5 Å². The van der Waals surface area contributed by atoms with Crippen LogP contribution in [0.2, 0.25) is 0 Å². The molecule has 0 amide bonds. The van der Waals surface area contributed by atoms with Crippen molar-refractivity contribution in [3.05, 3.63) is 59.7 Å². The second kappa shape index (κ2) is 5.37. The zero-order valence-corrected chi connectivity index (χ0v) is 11.3. The summed E-state index contributed by atoms with van der Waals surface area (Å²) < 4.78 is 11.0. The van der Waals surface area contributed by atoms with Gasteiger partial charge < -0.3 is 9.47 Å². The largest absolute Gasteiger partial charge is 0.489 e. The first-order valence-corrected chi connectivity index (χ1v) is 6.74. The van der Waals surface area contributed by atoms with Crippen molar-refractivity contribution >= 4 is 5.97 Å². The number of fused-ring (bicyclic) bond motifs is 1. The molecule has 2 aromatic carbocycles. The first-order chi connectivity index (χ1) is 9.72. The minimum Gasteiger partial charge on any atom is -0.489 e. The summed E-state index contributed by atoms with van der Waals surface area (Å²) in [7, 11) is 0. The third-order valence-corrected chi connectivity index (χ3v) is 3.46. The Hall–Kier alpha value is -2.29. The number of hydrogen-bond acceptors (Lipinski definition) is 3. The molecule has 0 aliphatic carbocycles. The highest BCUT2D eigenvalue weighted by Crippen LogP contribution is 2.36. The summed E-state index contributed by atoms with van der Waals surface area (Å²) in [5.41, 5.74) is 2.17. The Morgan fingerprint density at radius 2 is 2.00 bits per heavy atom. The number of carbonyl (C=O) groups excluding carboxylic acids is 1. The molecule has 102 valence electrons. The number of rotatable bonds is 3. The van der Waals surface area contributed by atoms with Gasteiger partial charge in [-0.3, -0.25) is 4.79 Å². The summed E-state index contributed by atoms with van der Waals surface area (Å²) in [6.07, 6.45) is 0.442. The molecule has 1 aliphatic rings. The predicted octanol–water partition coefficient (Wildman–Crippen LogP) is 3.68. The van der Waals surface area contributed by atoms with Crippen molar-refractivity contribution < 1.29 is 14.3 Å². The summed E-state index contributed by atoms with van der Waals surface area (Å²) in [6, 6.07) is 15.7. The van der Waals surface area contributed by atoms with Gasteiger partial charge in [0.1, 0.15) is 18.1 Å². The van der Waals surface area contributed by atoms with Gasteiger partial charge in [-0.05, 0) is 23.1 Å². The summed E-state index contributed by atoms with van der Waals surface area (Å²) in [5.74, 6) is 1.37. The van der Waals surface area contributed by atoms with E-state index in [0.29, 0.717) is 18.8 Å². The molecule has 0 bridgehead atoms. The van der Waals surface area contributed by atoms with Gasteiger partial charge in [0.25, 0.3) is 0 Å². The van der Waals surface area contributed by atoms with Gasteiger partial charge in [-0.15, -0.1) is 0 Å². The van der Waals surface area contributed by atoms with Crippen molar-refractivity contribution in [3.63, 3.8) is 0 Å². The molecule has 20 heavy (non-hydrogen) atoms. The molecular weight excluding hydrogens is 252 g/mol. The first-order valence-electron chi connectivity index (χ1n) is 6.74. The van der Waals surface area contributed by atoms with Crippen LogP contribution in [0.5, 0.6) is 11.5 Å². The molecule has 1 atom stereocenters. The Morgan fingerprint density at radius 1 is 1.20 bits per heavy atom. The first kappa shape index (κ1) is 12.7. The normalized spacial score (nSPS) is 17.2. The lowest BCUT2D eigenvalue weighted by Gasteiger charge is -2.21. The average Bonchev–Trinajstić information content (AvgIpc) is 2.45. The zero-order chi connectivity index (χ0) is 13.9. The van der Waals surface area contributed by atoms with E-state index in [-0.39, 0.29) is 11.9 Å². The highest BCUT2D eigenvalue weighted by molar-refractivity contribution is 5.76. The lowest BCUT2D eigenvalue weighted by Crippen LogP contribution is -2.18. The molecule has 0 fully saturated rings. The predicted molar refractivity (Wildman–Crippen MR) is 75.9 cm³/mol. The summed E-state index contributed by atoms with van der Waals surface area (Å²) >= 11 is 0. The second-order valence-electron chi connectivity index (χ2n) is 5.05. The molecular formula is C17H16O3. The number of hydrogen-bond donors (Lipinski definition) is 0. The van der Waals surface area contributed by atoms with Crippen molar-refractivity contribution in [1.29, 1.82) is 0 Å². The molecule has 1 aliphatic heterocycles. The topological polar surface area (TPSA) is 35.5 Å². The SMILES string of the molecule is CC1CC(=O)Oc2cc(OCc3ccccc3)ccc21. The maximum atomic E-state index is 11.5. The van der Waals surface area contributed by atoms with Crippen molar-refractivity contribution in [1.82, 2.24) is 0 Å². The van der Waals surface area contributed by atoms with Crippen LogP contribution in [0.25, 0.3) is 0 Å². The third kappa shape index (κ3) is 2.67. The van der Waals surface area contributed by atoms with Gasteiger partial charge >= 0.3 is 5.97 Å². The number of ether oxygens (including phenoxy) is 2. The lowest BCUT2D eigenvalue weighted by molar-refractivity contribution is -0.135. The molecule has 0 spiro atoms. The van der Waals surface area contributed by atoms with Gasteiger partial charge in [0, 0.05) is 6.07 Å². The minimum atomic E-state index is -0.176. The van der Waals surface area contributed by atoms with Crippen molar-refractivity contribution in [2.45, 2.75) is 25.9 Å². The van der Waals surface area contributed by atoms with Crippen LogP contribution in [0, 0.1) is 0 Å². The highest BCUT2D eigenvalue weighted by Gasteiger charge is 2.24. The molecule has 0 aromatic heterocycles. The van der Waals surface area contributed by atoms with E-state index in [1.54, 1.807) is 6.07 Å². The maximum absolute atomic E-state index is 11.5. The van der Waals surface area contributed by atoms with Crippen LogP contribution in [-0.4, -0.2) is 5.97 Å². The molecule has 1 unspecified atom stereocenters. The molecule has 0 saturated heterocycles. The fourth-order valence-electron chi connectivity index (χ4n) is 2.37. The van der Waals surface area contributed by atoms with Gasteiger partial charge in [0.2, 0.25) is 0 Å². The third-order valence-electron chi connectivity index (χ3n) is 3.46. The fraction of sp³-hybridized carbons (Fsp3) is 0.235. The Labute approximate surface area is 118 Å². The standard InChI is InChI=1S/C17H16O3/c1-12-9-17(18)20-16-10-14(7-8-15(12)16)19-11-13-5-3-2-4-6-13/h2-8,10,12H,9,11H2,1H3. The van der Waals surface area contributed by atoms with E-state index in [9.17, 15) is 4.79 Å². The lowest BCUT2D eigenvalue weighted by atomic mass is 9.95. The average molecular weight is 268 g/mol. The van der Waals surface area contributed by atoms with Crippen LogP contribution in [0.1, 0.15) is 30.4 Å². The number of carbonyl (C=O) groups is 1. The van der Waals surface area contributed by atoms with Gasteiger partial charge in [-0.2, -0.15) is 0 Å². The fourth-order valence-corrected chi connectivity index (χ4v) is 2.37. The molecule has 0 saturated carbocycles. The molecule has 0 N–H and O–H groups in total. The summed E-state index contributed by atoms with van der Waals surface area (Å²) in [5, 5.41) is 0. The highest BCUT2D eigenvalue weighted by atomic mass is 16.5. The van der Waals surface area contributed by atoms with Gasteiger partial charge in [0.15, 0.2) is 0 Å². The molecule has 1 heterocycles. The minimum absolute atomic E-state index is 0.176. The van der Waals surface area contributed by atoms with Crippen molar-refractivity contribution in [2.24, 2.45) is 0 Å². The second-order valence-corrected chi connectivity index (χ2v) is 5.05. The Morgan fingerprint density at radius 3 is 2.80 bits per heavy atom. The Kier molecular flexibility index (Phi) is 3.42. The van der Waals surface area contributed by atoms with Crippen LogP contribution < -0.4 is 9.47 Å². The van der Waals surface area contributed by atoms with Crippen LogP contribution in [0.15, 0.2) is 48.5 Å².